The first-order valence-corrected chi connectivity index (χ1v) is 4.32. The second kappa shape index (κ2) is 4.14. The van der Waals surface area contributed by atoms with Gasteiger partial charge < -0.3 is 11.5 Å². The second-order valence-electron chi connectivity index (χ2n) is 2.75. The minimum atomic E-state index is -0.0984. The van der Waals surface area contributed by atoms with Gasteiger partial charge in [-0.1, -0.05) is 29.8 Å². The van der Waals surface area contributed by atoms with Crippen molar-refractivity contribution in [2.24, 2.45) is 16.5 Å². The van der Waals surface area contributed by atoms with Crippen LogP contribution in [0.2, 0.25) is 5.02 Å². The van der Waals surface area contributed by atoms with Crippen molar-refractivity contribution < 1.29 is 0 Å². The number of guanidine groups is 1. The van der Waals surface area contributed by atoms with E-state index < -0.39 is 0 Å². The fourth-order valence-corrected chi connectivity index (χ4v) is 1.40. The Morgan fingerprint density at radius 2 is 2.00 bits per heavy atom. The Labute approximate surface area is 82.4 Å². The minimum absolute atomic E-state index is 0.0763. The Kier molecular flexibility index (Phi) is 3.14. The smallest absolute Gasteiger partial charge is 0.186 e. The molecule has 0 unspecified atom stereocenters. The molecule has 0 saturated heterocycles. The van der Waals surface area contributed by atoms with Crippen LogP contribution in [0.25, 0.3) is 0 Å². The van der Waals surface area contributed by atoms with Gasteiger partial charge >= 0.3 is 0 Å². The van der Waals surface area contributed by atoms with Crippen molar-refractivity contribution in [3.63, 3.8) is 0 Å². The molecule has 4 heteroatoms. The van der Waals surface area contributed by atoms with Gasteiger partial charge in [-0.15, -0.1) is 0 Å². The lowest BCUT2D eigenvalue weighted by Gasteiger charge is -2.08. The number of benzene rings is 1. The van der Waals surface area contributed by atoms with E-state index in [0.717, 1.165) is 5.56 Å². The predicted molar refractivity (Wildman–Crippen MR) is 55.7 cm³/mol. The van der Waals surface area contributed by atoms with E-state index in [-0.39, 0.29) is 12.0 Å². The lowest BCUT2D eigenvalue weighted by atomic mass is 10.1. The van der Waals surface area contributed by atoms with Crippen LogP contribution in [-0.2, 0) is 0 Å². The molecular formula is C9H12ClN3. The molecule has 0 heterocycles. The molecule has 1 atom stereocenters. The third-order valence-electron chi connectivity index (χ3n) is 1.70. The lowest BCUT2D eigenvalue weighted by molar-refractivity contribution is 0.816. The number of rotatable bonds is 2. The van der Waals surface area contributed by atoms with Crippen molar-refractivity contribution in [3.8, 4) is 0 Å². The Morgan fingerprint density at radius 1 is 1.38 bits per heavy atom. The lowest BCUT2D eigenvalue weighted by Crippen LogP contribution is -2.23. The maximum Gasteiger partial charge on any atom is 0.186 e. The summed E-state index contributed by atoms with van der Waals surface area (Å²) in [4.78, 5) is 4.00. The monoisotopic (exact) mass is 197 g/mol. The van der Waals surface area contributed by atoms with Gasteiger partial charge in [0.1, 0.15) is 0 Å². The highest BCUT2D eigenvalue weighted by molar-refractivity contribution is 6.31. The van der Waals surface area contributed by atoms with E-state index in [1.807, 2.05) is 31.2 Å². The average molecular weight is 198 g/mol. The van der Waals surface area contributed by atoms with Gasteiger partial charge in [-0.25, -0.2) is 4.99 Å². The maximum atomic E-state index is 5.95. The van der Waals surface area contributed by atoms with Crippen LogP contribution in [0.1, 0.15) is 18.5 Å². The molecule has 1 aromatic rings. The third-order valence-corrected chi connectivity index (χ3v) is 2.04. The van der Waals surface area contributed by atoms with Gasteiger partial charge in [-0.3, -0.25) is 0 Å². The molecule has 1 rings (SSSR count). The molecule has 0 amide bonds. The highest BCUT2D eigenvalue weighted by Gasteiger charge is 2.06. The summed E-state index contributed by atoms with van der Waals surface area (Å²) in [6, 6.07) is 7.39. The molecule has 0 aliphatic heterocycles. The van der Waals surface area contributed by atoms with E-state index in [2.05, 4.69) is 4.99 Å². The molecule has 0 radical (unpaired) electrons. The predicted octanol–water partition coefficient (Wildman–Crippen LogP) is 1.67. The third kappa shape index (κ3) is 2.63. The molecule has 1 aromatic carbocycles. The summed E-state index contributed by atoms with van der Waals surface area (Å²) in [7, 11) is 0. The number of aliphatic imine (C=N–C) groups is 1. The second-order valence-corrected chi connectivity index (χ2v) is 3.16. The molecule has 0 fully saturated rings. The zero-order valence-corrected chi connectivity index (χ0v) is 8.12. The van der Waals surface area contributed by atoms with Crippen molar-refractivity contribution in [3.05, 3.63) is 34.9 Å². The zero-order chi connectivity index (χ0) is 9.84. The average Bonchev–Trinajstić information content (AvgIpc) is 2.03. The molecule has 0 saturated carbocycles. The molecule has 0 spiro atoms. The summed E-state index contributed by atoms with van der Waals surface area (Å²) < 4.78 is 0. The number of nitrogens with zero attached hydrogens (tertiary/aromatic N) is 1. The molecule has 4 N–H and O–H groups in total. The number of hydrogen-bond acceptors (Lipinski definition) is 1. The van der Waals surface area contributed by atoms with E-state index >= 15 is 0 Å². The Balaban J connectivity index is 2.95. The van der Waals surface area contributed by atoms with Gasteiger partial charge in [0.05, 0.1) is 6.04 Å². The molecule has 0 aliphatic carbocycles. The van der Waals surface area contributed by atoms with Crippen LogP contribution in [-0.4, -0.2) is 5.96 Å². The van der Waals surface area contributed by atoms with Crippen LogP contribution in [0.15, 0.2) is 29.3 Å². The number of hydrogen-bond donors (Lipinski definition) is 2. The highest BCUT2D eigenvalue weighted by Crippen LogP contribution is 2.24. The standard InChI is InChI=1S/C9H12ClN3/c1-6(13-9(11)12)7-4-2-3-5-8(7)10/h2-6H,1H3,(H4,11,12,13)/t6-/m0/s1. The van der Waals surface area contributed by atoms with Gasteiger partial charge in [0, 0.05) is 5.02 Å². The van der Waals surface area contributed by atoms with Crippen LogP contribution in [0.4, 0.5) is 0 Å². The van der Waals surface area contributed by atoms with Gasteiger partial charge in [-0.2, -0.15) is 0 Å². The topological polar surface area (TPSA) is 64.4 Å². The van der Waals surface area contributed by atoms with Gasteiger partial charge in [0.25, 0.3) is 0 Å². The van der Waals surface area contributed by atoms with Crippen molar-refractivity contribution in [2.45, 2.75) is 13.0 Å². The zero-order valence-electron chi connectivity index (χ0n) is 7.37. The molecular weight excluding hydrogens is 186 g/mol. The molecule has 70 valence electrons. The normalized spacial score (nSPS) is 12.2. The van der Waals surface area contributed by atoms with Crippen molar-refractivity contribution in [1.29, 1.82) is 0 Å². The van der Waals surface area contributed by atoms with Crippen LogP contribution >= 0.6 is 11.6 Å². The Hall–Kier alpha value is -1.22. The van der Waals surface area contributed by atoms with E-state index in [0.29, 0.717) is 5.02 Å². The van der Waals surface area contributed by atoms with Crippen molar-refractivity contribution in [1.82, 2.24) is 0 Å². The fourth-order valence-electron chi connectivity index (χ4n) is 1.11. The molecule has 0 aromatic heterocycles. The summed E-state index contributed by atoms with van der Waals surface area (Å²) >= 11 is 5.95. The molecule has 13 heavy (non-hydrogen) atoms. The van der Waals surface area contributed by atoms with E-state index in [1.165, 1.54) is 0 Å². The van der Waals surface area contributed by atoms with Gasteiger partial charge in [0.15, 0.2) is 5.96 Å². The number of nitrogens with two attached hydrogens (primary N) is 2. The SMILES string of the molecule is C[C@H](N=C(N)N)c1ccccc1Cl. The summed E-state index contributed by atoms with van der Waals surface area (Å²) in [6.07, 6.45) is 0. The van der Waals surface area contributed by atoms with E-state index in [9.17, 15) is 0 Å². The summed E-state index contributed by atoms with van der Waals surface area (Å²) in [5, 5.41) is 0.681. The Morgan fingerprint density at radius 3 is 2.54 bits per heavy atom. The van der Waals surface area contributed by atoms with Crippen LogP contribution in [0.3, 0.4) is 0 Å². The summed E-state index contributed by atoms with van der Waals surface area (Å²) in [5.41, 5.74) is 11.5. The Bertz CT molecular complexity index is 318. The maximum absolute atomic E-state index is 5.95. The van der Waals surface area contributed by atoms with Crippen LogP contribution in [0, 0.1) is 0 Å². The van der Waals surface area contributed by atoms with Gasteiger partial charge in [-0.05, 0) is 18.6 Å². The minimum Gasteiger partial charge on any atom is -0.370 e. The molecule has 3 nitrogen and oxygen atoms in total. The summed E-state index contributed by atoms with van der Waals surface area (Å²) in [6.45, 7) is 1.89. The first kappa shape index (κ1) is 9.86. The van der Waals surface area contributed by atoms with Crippen LogP contribution < -0.4 is 11.5 Å². The molecule has 0 bridgehead atoms. The largest absolute Gasteiger partial charge is 0.370 e. The number of halogens is 1. The van der Waals surface area contributed by atoms with Crippen molar-refractivity contribution in [2.75, 3.05) is 0 Å². The fraction of sp³-hybridized carbons (Fsp3) is 0.222. The summed E-state index contributed by atoms with van der Waals surface area (Å²) in [5.74, 6) is 0.0763. The van der Waals surface area contributed by atoms with Crippen molar-refractivity contribution >= 4 is 17.6 Å². The molecule has 0 aliphatic rings. The van der Waals surface area contributed by atoms with E-state index in [4.69, 9.17) is 23.1 Å². The highest BCUT2D eigenvalue weighted by atomic mass is 35.5. The van der Waals surface area contributed by atoms with Gasteiger partial charge in [0.2, 0.25) is 0 Å². The first-order chi connectivity index (χ1) is 6.11. The van der Waals surface area contributed by atoms with E-state index in [1.54, 1.807) is 0 Å². The quantitative estimate of drug-likeness (QED) is 0.560. The van der Waals surface area contributed by atoms with Crippen LogP contribution in [0.5, 0.6) is 0 Å². The first-order valence-electron chi connectivity index (χ1n) is 3.94.